The van der Waals surface area contributed by atoms with Gasteiger partial charge in [0.2, 0.25) is 0 Å². The standard InChI is InChI=1S/C22H28ClFN2O4/c1-5-26(11-10-25-22(2,3)21(27)28)20-13-15(24)12-19(23)18(20)14-30-17-8-6-16(29-4)7-9-17/h6-9,12-13,25H,5,10-11,14H2,1-4H3,(H,27,28). The molecule has 2 N–H and O–H groups in total. The van der Waals surface area contributed by atoms with Gasteiger partial charge in [0.15, 0.2) is 0 Å². The van der Waals surface area contributed by atoms with Crippen molar-refractivity contribution in [2.45, 2.75) is 32.9 Å². The summed E-state index contributed by atoms with van der Waals surface area (Å²) in [5, 5.41) is 12.5. The van der Waals surface area contributed by atoms with Crippen molar-refractivity contribution < 1.29 is 23.8 Å². The van der Waals surface area contributed by atoms with Gasteiger partial charge < -0.3 is 24.8 Å². The van der Waals surface area contributed by atoms with Crippen molar-refractivity contribution in [1.29, 1.82) is 0 Å². The Morgan fingerprint density at radius 1 is 1.23 bits per heavy atom. The molecule has 0 aliphatic heterocycles. The zero-order chi connectivity index (χ0) is 22.3. The predicted octanol–water partition coefficient (Wildman–Crippen LogP) is 4.35. The Hall–Kier alpha value is -2.51. The van der Waals surface area contributed by atoms with Crippen LogP contribution in [0.1, 0.15) is 26.3 Å². The number of hydrogen-bond donors (Lipinski definition) is 2. The van der Waals surface area contributed by atoms with Crippen molar-refractivity contribution in [3.05, 3.63) is 52.8 Å². The molecule has 0 aromatic heterocycles. The third-order valence-corrected chi connectivity index (χ3v) is 5.12. The number of carboxylic acids is 1. The second kappa shape index (κ2) is 10.5. The minimum Gasteiger partial charge on any atom is -0.497 e. The van der Waals surface area contributed by atoms with Crippen LogP contribution in [0.25, 0.3) is 0 Å². The molecule has 0 unspecified atom stereocenters. The molecule has 0 saturated carbocycles. The van der Waals surface area contributed by atoms with E-state index < -0.39 is 17.3 Å². The van der Waals surface area contributed by atoms with Gasteiger partial charge in [0.05, 0.1) is 12.1 Å². The van der Waals surface area contributed by atoms with Gasteiger partial charge in [-0.3, -0.25) is 4.79 Å². The molecule has 0 saturated heterocycles. The lowest BCUT2D eigenvalue weighted by Crippen LogP contribution is -2.49. The maximum Gasteiger partial charge on any atom is 0.323 e. The van der Waals surface area contributed by atoms with Crippen LogP contribution in [0.3, 0.4) is 0 Å². The normalized spacial score (nSPS) is 11.3. The summed E-state index contributed by atoms with van der Waals surface area (Å²) in [5.41, 5.74) is 0.221. The molecule has 0 aliphatic carbocycles. The summed E-state index contributed by atoms with van der Waals surface area (Å²) < 4.78 is 25.1. The van der Waals surface area contributed by atoms with Gasteiger partial charge in [-0.1, -0.05) is 11.6 Å². The molecule has 2 rings (SSSR count). The molecule has 0 amide bonds. The summed E-state index contributed by atoms with van der Waals surface area (Å²) in [4.78, 5) is 13.2. The number of carbonyl (C=O) groups is 1. The van der Waals surface area contributed by atoms with Crippen molar-refractivity contribution >= 4 is 23.3 Å². The lowest BCUT2D eigenvalue weighted by Gasteiger charge is -2.29. The Labute approximate surface area is 181 Å². The van der Waals surface area contributed by atoms with Crippen LogP contribution in [0.15, 0.2) is 36.4 Å². The minimum absolute atomic E-state index is 0.158. The number of hydrogen-bond acceptors (Lipinski definition) is 5. The lowest BCUT2D eigenvalue weighted by atomic mass is 10.1. The van der Waals surface area contributed by atoms with Gasteiger partial charge in [-0.25, -0.2) is 4.39 Å². The maximum absolute atomic E-state index is 14.1. The van der Waals surface area contributed by atoms with Crippen molar-refractivity contribution in [3.8, 4) is 11.5 Å². The van der Waals surface area contributed by atoms with Gasteiger partial charge in [0, 0.05) is 30.9 Å². The van der Waals surface area contributed by atoms with Crippen molar-refractivity contribution in [3.63, 3.8) is 0 Å². The average Bonchev–Trinajstić information content (AvgIpc) is 2.70. The molecule has 30 heavy (non-hydrogen) atoms. The third-order valence-electron chi connectivity index (χ3n) is 4.79. The summed E-state index contributed by atoms with van der Waals surface area (Å²) in [5.74, 6) is -0.0275. The highest BCUT2D eigenvalue weighted by molar-refractivity contribution is 6.31. The highest BCUT2D eigenvalue weighted by Gasteiger charge is 2.26. The van der Waals surface area contributed by atoms with E-state index in [9.17, 15) is 14.3 Å². The van der Waals surface area contributed by atoms with Crippen LogP contribution in [-0.2, 0) is 11.4 Å². The zero-order valence-electron chi connectivity index (χ0n) is 17.7. The number of carboxylic acid groups (broad SMARTS) is 1. The molecule has 0 fully saturated rings. The predicted molar refractivity (Wildman–Crippen MR) is 116 cm³/mol. The molecule has 0 atom stereocenters. The molecule has 164 valence electrons. The monoisotopic (exact) mass is 438 g/mol. The Morgan fingerprint density at radius 3 is 2.43 bits per heavy atom. The van der Waals surface area contributed by atoms with E-state index in [1.807, 2.05) is 11.8 Å². The van der Waals surface area contributed by atoms with Crippen molar-refractivity contribution in [2.24, 2.45) is 0 Å². The number of nitrogens with one attached hydrogen (secondary N) is 1. The van der Waals surface area contributed by atoms with Crippen LogP contribution in [0.5, 0.6) is 11.5 Å². The number of rotatable bonds is 11. The molecule has 0 radical (unpaired) electrons. The van der Waals surface area contributed by atoms with Crippen LogP contribution in [-0.4, -0.2) is 43.4 Å². The molecule has 0 aliphatic rings. The smallest absolute Gasteiger partial charge is 0.323 e. The second-order valence-electron chi connectivity index (χ2n) is 7.29. The Balaban J connectivity index is 2.17. The minimum atomic E-state index is -1.06. The van der Waals surface area contributed by atoms with E-state index in [-0.39, 0.29) is 11.6 Å². The van der Waals surface area contributed by atoms with Gasteiger partial charge in [-0.2, -0.15) is 0 Å². The third kappa shape index (κ3) is 6.24. The lowest BCUT2D eigenvalue weighted by molar-refractivity contribution is -0.143. The quantitative estimate of drug-likeness (QED) is 0.543. The van der Waals surface area contributed by atoms with E-state index in [0.29, 0.717) is 36.6 Å². The Morgan fingerprint density at radius 2 is 1.87 bits per heavy atom. The molecular weight excluding hydrogens is 411 g/mol. The summed E-state index contributed by atoms with van der Waals surface area (Å²) in [6, 6.07) is 9.83. The first-order valence-corrected chi connectivity index (χ1v) is 10.0. The molecular formula is C22H28ClFN2O4. The van der Waals surface area contributed by atoms with Crippen LogP contribution in [0.4, 0.5) is 10.1 Å². The molecule has 0 spiro atoms. The van der Waals surface area contributed by atoms with Crippen molar-refractivity contribution in [1.82, 2.24) is 5.32 Å². The van der Waals surface area contributed by atoms with E-state index in [1.54, 1.807) is 45.2 Å². The fourth-order valence-electron chi connectivity index (χ4n) is 2.87. The number of likely N-dealkylation sites (N-methyl/N-ethyl adjacent to an activating group) is 1. The van der Waals surface area contributed by atoms with Gasteiger partial charge in [-0.05, 0) is 57.2 Å². The fourth-order valence-corrected chi connectivity index (χ4v) is 3.13. The molecule has 8 heteroatoms. The largest absolute Gasteiger partial charge is 0.497 e. The first-order chi connectivity index (χ1) is 14.2. The molecule has 2 aromatic carbocycles. The number of halogens is 2. The number of methoxy groups -OCH3 is 1. The van der Waals surface area contributed by atoms with Crippen LogP contribution in [0.2, 0.25) is 5.02 Å². The summed E-state index contributed by atoms with van der Waals surface area (Å²) in [7, 11) is 1.59. The van der Waals surface area contributed by atoms with Crippen LogP contribution < -0.4 is 19.7 Å². The number of aliphatic carboxylic acids is 1. The van der Waals surface area contributed by atoms with Gasteiger partial charge in [0.1, 0.15) is 29.5 Å². The van der Waals surface area contributed by atoms with Crippen LogP contribution >= 0.6 is 11.6 Å². The van der Waals surface area contributed by atoms with E-state index in [4.69, 9.17) is 21.1 Å². The first kappa shape index (κ1) is 23.8. The molecule has 0 heterocycles. The highest BCUT2D eigenvalue weighted by atomic mass is 35.5. The molecule has 6 nitrogen and oxygen atoms in total. The summed E-state index contributed by atoms with van der Waals surface area (Å²) >= 11 is 6.34. The van der Waals surface area contributed by atoms with E-state index in [2.05, 4.69) is 5.32 Å². The first-order valence-electron chi connectivity index (χ1n) is 9.66. The maximum atomic E-state index is 14.1. The van der Waals surface area contributed by atoms with E-state index in [0.717, 1.165) is 5.75 Å². The second-order valence-corrected chi connectivity index (χ2v) is 7.69. The molecule has 0 bridgehead atoms. The number of benzene rings is 2. The molecule has 2 aromatic rings. The number of ether oxygens (including phenoxy) is 2. The average molecular weight is 439 g/mol. The SMILES string of the molecule is CCN(CCNC(C)(C)C(=O)O)c1cc(F)cc(Cl)c1COc1ccc(OC)cc1. The number of anilines is 1. The van der Waals surface area contributed by atoms with Crippen LogP contribution in [0, 0.1) is 5.82 Å². The fraction of sp³-hybridized carbons (Fsp3) is 0.409. The Bertz CT molecular complexity index is 859. The summed E-state index contributed by atoms with van der Waals surface area (Å²) in [6.07, 6.45) is 0. The summed E-state index contributed by atoms with van der Waals surface area (Å²) in [6.45, 7) is 6.76. The number of nitrogens with zero attached hydrogens (tertiary/aromatic N) is 1. The van der Waals surface area contributed by atoms with E-state index in [1.165, 1.54) is 12.1 Å². The van der Waals surface area contributed by atoms with E-state index >= 15 is 0 Å². The van der Waals surface area contributed by atoms with Gasteiger partial charge >= 0.3 is 5.97 Å². The Kier molecular flexibility index (Phi) is 8.32. The topological polar surface area (TPSA) is 71.0 Å². The highest BCUT2D eigenvalue weighted by Crippen LogP contribution is 2.31. The zero-order valence-corrected chi connectivity index (χ0v) is 18.4. The van der Waals surface area contributed by atoms with Gasteiger partial charge in [-0.15, -0.1) is 0 Å². The van der Waals surface area contributed by atoms with Gasteiger partial charge in [0.25, 0.3) is 0 Å². The van der Waals surface area contributed by atoms with Crippen molar-refractivity contribution in [2.75, 3.05) is 31.6 Å².